The number of nitrogens with one attached hydrogen (secondary N) is 1. The summed E-state index contributed by atoms with van der Waals surface area (Å²) in [5, 5.41) is 12.5. The highest BCUT2D eigenvalue weighted by atomic mass is 16.4. The lowest BCUT2D eigenvalue weighted by Crippen LogP contribution is -2.62. The zero-order valence-electron chi connectivity index (χ0n) is 13.4. The molecule has 21 heavy (non-hydrogen) atoms. The second-order valence-corrected chi connectivity index (χ2v) is 7.06. The minimum Gasteiger partial charge on any atom is -0.480 e. The van der Waals surface area contributed by atoms with Gasteiger partial charge >= 0.3 is 12.0 Å². The predicted octanol–water partition coefficient (Wildman–Crippen LogP) is 2.99. The summed E-state index contributed by atoms with van der Waals surface area (Å²) in [7, 11) is 0. The van der Waals surface area contributed by atoms with Gasteiger partial charge < -0.3 is 15.3 Å². The van der Waals surface area contributed by atoms with Gasteiger partial charge in [0.25, 0.3) is 0 Å². The van der Waals surface area contributed by atoms with E-state index in [1.807, 2.05) is 18.7 Å². The van der Waals surface area contributed by atoms with E-state index in [4.69, 9.17) is 0 Å². The lowest BCUT2D eigenvalue weighted by Gasteiger charge is -2.43. The summed E-state index contributed by atoms with van der Waals surface area (Å²) in [5.41, 5.74) is -1.08. The Labute approximate surface area is 127 Å². The number of nitrogens with zero attached hydrogens (tertiary/aromatic N) is 1. The average Bonchev–Trinajstić information content (AvgIpc) is 2.38. The molecule has 5 nitrogen and oxygen atoms in total. The molecule has 1 aliphatic carbocycles. The van der Waals surface area contributed by atoms with Crippen LogP contribution in [0.25, 0.3) is 0 Å². The van der Waals surface area contributed by atoms with Gasteiger partial charge in [-0.1, -0.05) is 19.8 Å². The normalized spacial score (nSPS) is 37.1. The molecule has 1 saturated carbocycles. The molecule has 0 aromatic rings. The number of amides is 2. The fraction of sp³-hybridized carbons (Fsp3) is 0.875. The molecular formula is C16H28N2O3. The summed E-state index contributed by atoms with van der Waals surface area (Å²) in [5.74, 6) is -0.550. The third-order valence-corrected chi connectivity index (χ3v) is 5.18. The number of hydrogen-bond acceptors (Lipinski definition) is 2. The van der Waals surface area contributed by atoms with Gasteiger partial charge in [0.1, 0.15) is 5.54 Å². The number of likely N-dealkylation sites (tertiary alicyclic amines) is 1. The van der Waals surface area contributed by atoms with Crippen molar-refractivity contribution in [3.05, 3.63) is 0 Å². The first-order chi connectivity index (χ1) is 9.85. The van der Waals surface area contributed by atoms with E-state index in [0.29, 0.717) is 18.8 Å². The molecule has 1 heterocycles. The number of aliphatic carboxylic acids is 1. The van der Waals surface area contributed by atoms with Crippen LogP contribution in [0, 0.1) is 5.92 Å². The van der Waals surface area contributed by atoms with Gasteiger partial charge in [0.05, 0.1) is 0 Å². The van der Waals surface area contributed by atoms with Gasteiger partial charge in [-0.05, 0) is 51.9 Å². The smallest absolute Gasteiger partial charge is 0.329 e. The van der Waals surface area contributed by atoms with Crippen LogP contribution in [0.1, 0.15) is 65.7 Å². The zero-order valence-corrected chi connectivity index (χ0v) is 13.4. The molecule has 0 aromatic heterocycles. The molecule has 0 bridgehead atoms. The van der Waals surface area contributed by atoms with Gasteiger partial charge in [0.2, 0.25) is 0 Å². The molecule has 1 saturated heterocycles. The number of urea groups is 1. The minimum absolute atomic E-state index is 0.181. The van der Waals surface area contributed by atoms with Crippen LogP contribution in [-0.4, -0.2) is 39.6 Å². The van der Waals surface area contributed by atoms with Crippen molar-refractivity contribution in [3.8, 4) is 0 Å². The first-order valence-corrected chi connectivity index (χ1v) is 8.19. The van der Waals surface area contributed by atoms with Gasteiger partial charge in [-0.2, -0.15) is 0 Å². The van der Waals surface area contributed by atoms with Crippen LogP contribution in [0.2, 0.25) is 0 Å². The highest BCUT2D eigenvalue weighted by molar-refractivity contribution is 5.86. The Kier molecular flexibility index (Phi) is 4.79. The molecule has 1 aliphatic heterocycles. The van der Waals surface area contributed by atoms with E-state index >= 15 is 0 Å². The van der Waals surface area contributed by atoms with Crippen molar-refractivity contribution in [2.45, 2.75) is 83.3 Å². The molecule has 2 unspecified atom stereocenters. The van der Waals surface area contributed by atoms with E-state index in [1.54, 1.807) is 0 Å². The first kappa shape index (κ1) is 16.1. The van der Waals surface area contributed by atoms with E-state index in [9.17, 15) is 14.7 Å². The molecule has 0 spiro atoms. The van der Waals surface area contributed by atoms with Crippen molar-refractivity contribution in [1.82, 2.24) is 10.2 Å². The SMILES string of the molecule is CC1CCCC(NC(=O)N2[C@H](C)CCC[C@@H]2C)(C(=O)O)C1. The van der Waals surface area contributed by atoms with Crippen molar-refractivity contribution < 1.29 is 14.7 Å². The molecule has 4 atom stereocenters. The molecule has 2 amide bonds. The van der Waals surface area contributed by atoms with Crippen LogP contribution < -0.4 is 5.32 Å². The second-order valence-electron chi connectivity index (χ2n) is 7.06. The van der Waals surface area contributed by atoms with Crippen LogP contribution in [0.5, 0.6) is 0 Å². The molecule has 2 aliphatic rings. The molecule has 0 radical (unpaired) electrons. The quantitative estimate of drug-likeness (QED) is 0.823. The zero-order chi connectivity index (χ0) is 15.6. The summed E-state index contributed by atoms with van der Waals surface area (Å²) < 4.78 is 0. The number of carbonyl (C=O) groups is 2. The lowest BCUT2D eigenvalue weighted by atomic mass is 9.76. The van der Waals surface area contributed by atoms with Crippen molar-refractivity contribution in [3.63, 3.8) is 0 Å². The number of carboxylic acid groups (broad SMARTS) is 1. The number of carbonyl (C=O) groups excluding carboxylic acids is 1. The van der Waals surface area contributed by atoms with Crippen LogP contribution >= 0.6 is 0 Å². The van der Waals surface area contributed by atoms with E-state index in [-0.39, 0.29) is 18.1 Å². The van der Waals surface area contributed by atoms with Crippen molar-refractivity contribution in [2.75, 3.05) is 0 Å². The van der Waals surface area contributed by atoms with E-state index < -0.39 is 11.5 Å². The van der Waals surface area contributed by atoms with Crippen molar-refractivity contribution in [1.29, 1.82) is 0 Å². The Morgan fingerprint density at radius 2 is 1.71 bits per heavy atom. The number of piperidine rings is 1. The summed E-state index contributed by atoms with van der Waals surface area (Å²) >= 11 is 0. The average molecular weight is 296 g/mol. The third kappa shape index (κ3) is 3.33. The fourth-order valence-corrected chi connectivity index (χ4v) is 4.00. The lowest BCUT2D eigenvalue weighted by molar-refractivity contribution is -0.146. The monoisotopic (exact) mass is 296 g/mol. The maximum absolute atomic E-state index is 12.7. The van der Waals surface area contributed by atoms with Crippen LogP contribution in [0.3, 0.4) is 0 Å². The van der Waals surface area contributed by atoms with E-state index in [2.05, 4.69) is 12.2 Å². The molecule has 2 fully saturated rings. The summed E-state index contributed by atoms with van der Waals surface area (Å²) in [6, 6.07) is 0.160. The molecule has 2 rings (SSSR count). The van der Waals surface area contributed by atoms with Gasteiger partial charge in [-0.3, -0.25) is 0 Å². The van der Waals surface area contributed by atoms with Crippen LogP contribution in [-0.2, 0) is 4.79 Å². The molecule has 0 aromatic carbocycles. The van der Waals surface area contributed by atoms with Gasteiger partial charge in [0, 0.05) is 12.1 Å². The first-order valence-electron chi connectivity index (χ1n) is 8.19. The summed E-state index contributed by atoms with van der Waals surface area (Å²) in [6.07, 6.45) is 6.09. The summed E-state index contributed by atoms with van der Waals surface area (Å²) in [4.78, 5) is 26.3. The third-order valence-electron chi connectivity index (χ3n) is 5.18. The van der Waals surface area contributed by atoms with Crippen LogP contribution in [0.15, 0.2) is 0 Å². The second kappa shape index (κ2) is 6.24. The van der Waals surface area contributed by atoms with E-state index in [1.165, 1.54) is 0 Å². The summed E-state index contributed by atoms with van der Waals surface area (Å²) in [6.45, 7) is 6.16. The highest BCUT2D eigenvalue weighted by Crippen LogP contribution is 2.33. The molecule has 2 N–H and O–H groups in total. The van der Waals surface area contributed by atoms with Crippen molar-refractivity contribution >= 4 is 12.0 Å². The Balaban J connectivity index is 2.13. The topological polar surface area (TPSA) is 69.6 Å². The number of carboxylic acids is 1. The fourth-order valence-electron chi connectivity index (χ4n) is 4.00. The Bertz CT molecular complexity index is 402. The predicted molar refractivity (Wildman–Crippen MR) is 81.1 cm³/mol. The van der Waals surface area contributed by atoms with Gasteiger partial charge in [-0.15, -0.1) is 0 Å². The minimum atomic E-state index is -1.08. The maximum atomic E-state index is 12.7. The standard InChI is InChI=1S/C16H28N2O3/c1-11-6-5-9-16(10-11,14(19)20)17-15(21)18-12(2)7-4-8-13(18)3/h11-13H,4-10H2,1-3H3,(H,17,21)(H,19,20)/t11?,12-,13+,16?. The van der Waals surface area contributed by atoms with Gasteiger partial charge in [0.15, 0.2) is 0 Å². The number of hydrogen-bond donors (Lipinski definition) is 2. The van der Waals surface area contributed by atoms with Crippen molar-refractivity contribution in [2.24, 2.45) is 5.92 Å². The van der Waals surface area contributed by atoms with E-state index in [0.717, 1.165) is 32.1 Å². The number of rotatable bonds is 2. The Morgan fingerprint density at radius 1 is 1.10 bits per heavy atom. The largest absolute Gasteiger partial charge is 0.480 e. The molecule has 120 valence electrons. The highest BCUT2D eigenvalue weighted by Gasteiger charge is 2.45. The molecular weight excluding hydrogens is 268 g/mol. The van der Waals surface area contributed by atoms with Crippen LogP contribution in [0.4, 0.5) is 4.79 Å². The molecule has 5 heteroatoms. The van der Waals surface area contributed by atoms with Gasteiger partial charge in [-0.25, -0.2) is 9.59 Å². The maximum Gasteiger partial charge on any atom is 0.329 e. The Hall–Kier alpha value is -1.26. The Morgan fingerprint density at radius 3 is 2.24 bits per heavy atom.